The third-order valence-corrected chi connectivity index (χ3v) is 11.4. The van der Waals surface area contributed by atoms with Crippen molar-refractivity contribution >= 4 is 21.8 Å². The van der Waals surface area contributed by atoms with Gasteiger partial charge in [-0.3, -0.25) is 0 Å². The molecule has 1 aliphatic rings. The molecule has 8 aromatic carbocycles. The zero-order valence-corrected chi connectivity index (χ0v) is 31.6. The number of benzene rings is 8. The standard InChI is InChI=1S/C54H38N4/c1-54(2)45-24-12-9-22-42(45)50-44(23-15-25-46(50)54)53-56-51(38-30-28-37(29-31-38)35-16-5-3-6-17-35)55-52(57-53)43-33-32-39(36-18-7-4-8-19-36)34-49(43)58-47-26-13-10-20-40(47)41-21-11-14-27-48(41)58/h3-34H,1-2H3/i10D,11D,13D,14D,20D,21D,26D,27D. The Balaban J connectivity index is 1.26. The first kappa shape index (κ1) is 26.4. The van der Waals surface area contributed by atoms with Crippen molar-refractivity contribution in [1.82, 2.24) is 19.5 Å². The summed E-state index contributed by atoms with van der Waals surface area (Å²) in [4.78, 5) is 15.7. The van der Waals surface area contributed by atoms with E-state index in [9.17, 15) is 2.74 Å². The van der Waals surface area contributed by atoms with E-state index in [1.54, 1.807) is 4.57 Å². The normalized spacial score (nSPS) is 14.7. The largest absolute Gasteiger partial charge is 0.308 e. The topological polar surface area (TPSA) is 43.6 Å². The molecular weight excluding hydrogens is 705 g/mol. The smallest absolute Gasteiger partial charge is 0.166 e. The lowest BCUT2D eigenvalue weighted by molar-refractivity contribution is 0.660. The molecule has 2 aromatic heterocycles. The molecule has 0 saturated carbocycles. The molecule has 0 spiro atoms. The molecule has 58 heavy (non-hydrogen) atoms. The van der Waals surface area contributed by atoms with E-state index in [2.05, 4.69) is 50.2 Å². The van der Waals surface area contributed by atoms with Crippen LogP contribution >= 0.6 is 0 Å². The Morgan fingerprint density at radius 3 is 1.62 bits per heavy atom. The van der Waals surface area contributed by atoms with Gasteiger partial charge in [0.1, 0.15) is 0 Å². The molecule has 0 fully saturated rings. The van der Waals surface area contributed by atoms with E-state index in [-0.39, 0.29) is 33.0 Å². The molecule has 0 aliphatic heterocycles. The number of rotatable bonds is 6. The Kier molecular flexibility index (Phi) is 6.09. The van der Waals surface area contributed by atoms with Crippen LogP contribution in [-0.2, 0) is 5.41 Å². The molecule has 4 nitrogen and oxygen atoms in total. The predicted molar refractivity (Wildman–Crippen MR) is 239 cm³/mol. The maximum Gasteiger partial charge on any atom is 0.166 e. The third-order valence-electron chi connectivity index (χ3n) is 11.4. The monoisotopic (exact) mass is 750 g/mol. The van der Waals surface area contributed by atoms with Crippen molar-refractivity contribution in [3.8, 4) is 73.2 Å². The molecule has 0 atom stereocenters. The van der Waals surface area contributed by atoms with Crippen molar-refractivity contribution in [3.63, 3.8) is 0 Å². The van der Waals surface area contributed by atoms with Crippen molar-refractivity contribution in [2.24, 2.45) is 0 Å². The number of para-hydroxylation sites is 2. The van der Waals surface area contributed by atoms with Gasteiger partial charge in [-0.25, -0.2) is 15.0 Å². The molecule has 0 radical (unpaired) electrons. The number of fused-ring (bicyclic) bond motifs is 6. The summed E-state index contributed by atoms with van der Waals surface area (Å²) in [6.07, 6.45) is 0. The van der Waals surface area contributed by atoms with Crippen LogP contribution in [0, 0.1) is 0 Å². The second-order valence-electron chi connectivity index (χ2n) is 15.0. The van der Waals surface area contributed by atoms with Crippen LogP contribution in [0.5, 0.6) is 0 Å². The Morgan fingerprint density at radius 2 is 0.931 bits per heavy atom. The zero-order chi connectivity index (χ0) is 45.8. The summed E-state index contributed by atoms with van der Waals surface area (Å²) < 4.78 is 73.5. The first-order valence-electron chi connectivity index (χ1n) is 23.2. The van der Waals surface area contributed by atoms with Crippen molar-refractivity contribution < 1.29 is 11.0 Å². The summed E-state index contributed by atoms with van der Waals surface area (Å²) in [5, 5.41) is -0.0357. The summed E-state index contributed by atoms with van der Waals surface area (Å²) in [6, 6.07) is 44.4. The Morgan fingerprint density at radius 1 is 0.431 bits per heavy atom. The highest BCUT2D eigenvalue weighted by atomic mass is 15.1. The first-order valence-corrected chi connectivity index (χ1v) is 19.2. The number of aromatic nitrogens is 4. The average molecular weight is 751 g/mol. The Labute approximate surface area is 349 Å². The van der Waals surface area contributed by atoms with Gasteiger partial charge in [-0.15, -0.1) is 0 Å². The number of nitrogens with zero attached hydrogens (tertiary/aromatic N) is 4. The molecule has 1 aliphatic carbocycles. The molecule has 11 rings (SSSR count). The molecule has 10 aromatic rings. The van der Waals surface area contributed by atoms with Crippen LogP contribution < -0.4 is 0 Å². The van der Waals surface area contributed by atoms with Crippen LogP contribution in [0.15, 0.2) is 194 Å². The summed E-state index contributed by atoms with van der Waals surface area (Å²) >= 11 is 0. The van der Waals surface area contributed by atoms with Crippen molar-refractivity contribution in [2.75, 3.05) is 0 Å². The van der Waals surface area contributed by atoms with Crippen LogP contribution in [0.25, 0.3) is 95.0 Å². The second kappa shape index (κ2) is 13.4. The molecular formula is C54H38N4. The van der Waals surface area contributed by atoms with Gasteiger partial charge in [0, 0.05) is 32.9 Å². The van der Waals surface area contributed by atoms with Gasteiger partial charge in [0.2, 0.25) is 0 Å². The van der Waals surface area contributed by atoms with Gasteiger partial charge in [0.05, 0.1) is 27.7 Å². The van der Waals surface area contributed by atoms with Gasteiger partial charge in [-0.05, 0) is 68.7 Å². The van der Waals surface area contributed by atoms with Crippen molar-refractivity contribution in [3.05, 3.63) is 205 Å². The molecule has 274 valence electrons. The van der Waals surface area contributed by atoms with Crippen LogP contribution in [0.4, 0.5) is 0 Å². The van der Waals surface area contributed by atoms with Gasteiger partial charge in [0.25, 0.3) is 0 Å². The average Bonchev–Trinajstić information content (AvgIpc) is 3.84. The minimum atomic E-state index is -0.512. The lowest BCUT2D eigenvalue weighted by Crippen LogP contribution is -2.14. The minimum absolute atomic E-state index is 0.000169. The van der Waals surface area contributed by atoms with Crippen LogP contribution in [0.1, 0.15) is 35.9 Å². The minimum Gasteiger partial charge on any atom is -0.308 e. The Hall–Kier alpha value is -7.43. The predicted octanol–water partition coefficient (Wildman–Crippen LogP) is 13.6. The van der Waals surface area contributed by atoms with Gasteiger partial charge in [0.15, 0.2) is 17.5 Å². The lowest BCUT2D eigenvalue weighted by Gasteiger charge is -2.21. The van der Waals surface area contributed by atoms with E-state index in [1.807, 2.05) is 109 Å². The SMILES string of the molecule is [2H]c1c([2H])c([2H])c2c(c1[2H])c1c([2H])c([2H])c([2H])c([2H])c1n2-c1cc(-c2ccccc2)ccc1-c1nc(-c2ccc(-c3ccccc3)cc2)nc(-c2cccc3c2-c2ccccc2C3(C)C)n1. The number of hydrogen-bond acceptors (Lipinski definition) is 3. The second-order valence-corrected chi connectivity index (χ2v) is 15.0. The fourth-order valence-electron chi connectivity index (χ4n) is 8.51. The van der Waals surface area contributed by atoms with Gasteiger partial charge in [-0.1, -0.05) is 184 Å². The zero-order valence-electron chi connectivity index (χ0n) is 39.6. The maximum atomic E-state index is 9.36. The molecule has 2 heterocycles. The van der Waals surface area contributed by atoms with Gasteiger partial charge >= 0.3 is 0 Å². The van der Waals surface area contributed by atoms with Crippen LogP contribution in [-0.4, -0.2) is 19.5 Å². The third kappa shape index (κ3) is 5.41. The fraction of sp³-hybridized carbons (Fsp3) is 0.0556. The molecule has 0 N–H and O–H groups in total. The Bertz CT molecular complexity index is 3570. The van der Waals surface area contributed by atoms with Crippen molar-refractivity contribution in [1.29, 1.82) is 0 Å². The van der Waals surface area contributed by atoms with E-state index in [4.69, 9.17) is 23.2 Å². The van der Waals surface area contributed by atoms with Crippen LogP contribution in [0.2, 0.25) is 0 Å². The summed E-state index contributed by atoms with van der Waals surface area (Å²) in [5.41, 5.74) is 10.1. The van der Waals surface area contributed by atoms with Crippen molar-refractivity contribution in [2.45, 2.75) is 19.3 Å². The van der Waals surface area contributed by atoms with Gasteiger partial charge < -0.3 is 4.57 Å². The molecule has 0 unspecified atom stereocenters. The van der Waals surface area contributed by atoms with Gasteiger partial charge in [-0.2, -0.15) is 0 Å². The first-order chi connectivity index (χ1) is 31.8. The maximum absolute atomic E-state index is 9.36. The van der Waals surface area contributed by atoms with E-state index >= 15 is 0 Å². The molecule has 4 heteroatoms. The summed E-state index contributed by atoms with van der Waals surface area (Å²) in [6.45, 7) is 4.44. The summed E-state index contributed by atoms with van der Waals surface area (Å²) in [7, 11) is 0. The summed E-state index contributed by atoms with van der Waals surface area (Å²) in [5.74, 6) is 1.05. The molecule has 0 saturated heterocycles. The molecule has 0 bridgehead atoms. The van der Waals surface area contributed by atoms with E-state index in [0.717, 1.165) is 50.1 Å². The van der Waals surface area contributed by atoms with E-state index < -0.39 is 48.3 Å². The highest BCUT2D eigenvalue weighted by Gasteiger charge is 2.37. The highest BCUT2D eigenvalue weighted by Crippen LogP contribution is 2.52. The fourth-order valence-corrected chi connectivity index (χ4v) is 8.51. The van der Waals surface area contributed by atoms with E-state index in [0.29, 0.717) is 22.9 Å². The van der Waals surface area contributed by atoms with E-state index in [1.165, 1.54) is 5.56 Å². The highest BCUT2D eigenvalue weighted by molar-refractivity contribution is 6.09. The number of hydrogen-bond donors (Lipinski definition) is 0. The molecule has 0 amide bonds. The lowest BCUT2D eigenvalue weighted by atomic mass is 9.82. The quantitative estimate of drug-likeness (QED) is 0.170. The van der Waals surface area contributed by atoms with Crippen LogP contribution in [0.3, 0.4) is 0 Å².